The summed E-state index contributed by atoms with van der Waals surface area (Å²) in [5, 5.41) is 5.90. The fraction of sp³-hybridized carbons (Fsp3) is 0.500. The number of pyridine rings is 1. The van der Waals surface area contributed by atoms with Crippen molar-refractivity contribution in [3.63, 3.8) is 0 Å². The summed E-state index contributed by atoms with van der Waals surface area (Å²) in [6, 6.07) is 3.75. The lowest BCUT2D eigenvalue weighted by molar-refractivity contribution is 0.238. The van der Waals surface area contributed by atoms with E-state index in [0.29, 0.717) is 12.5 Å². The molecule has 7 nitrogen and oxygen atoms in total. The lowest BCUT2D eigenvalue weighted by atomic mass is 10.1. The van der Waals surface area contributed by atoms with Gasteiger partial charge in [-0.3, -0.25) is 4.57 Å². The number of urea groups is 1. The van der Waals surface area contributed by atoms with Gasteiger partial charge in [-0.1, -0.05) is 6.92 Å². The minimum atomic E-state index is -0.118. The van der Waals surface area contributed by atoms with Crippen molar-refractivity contribution in [2.45, 2.75) is 26.8 Å². The molecule has 3 heterocycles. The van der Waals surface area contributed by atoms with Crippen LogP contribution in [-0.2, 0) is 6.54 Å². The Kier molecular flexibility index (Phi) is 5.65. The number of carbonyl (C=O) groups excluding carboxylic acids is 1. The van der Waals surface area contributed by atoms with Crippen LogP contribution in [0.5, 0.6) is 0 Å². The van der Waals surface area contributed by atoms with E-state index in [2.05, 4.69) is 32.4 Å². The van der Waals surface area contributed by atoms with E-state index in [-0.39, 0.29) is 6.03 Å². The number of nitrogens with one attached hydrogen (secondary N) is 2. The van der Waals surface area contributed by atoms with Crippen LogP contribution in [-0.4, -0.2) is 51.6 Å². The molecule has 1 fully saturated rings. The highest BCUT2D eigenvalue weighted by Gasteiger charge is 2.21. The number of hydrogen-bond acceptors (Lipinski definition) is 4. The first-order valence-electron chi connectivity index (χ1n) is 8.85. The van der Waals surface area contributed by atoms with Crippen LogP contribution in [0.25, 0.3) is 5.82 Å². The number of aryl methyl sites for hydroxylation is 1. The monoisotopic (exact) mass is 342 g/mol. The highest BCUT2D eigenvalue weighted by Crippen LogP contribution is 2.14. The van der Waals surface area contributed by atoms with Gasteiger partial charge in [0.1, 0.15) is 11.6 Å². The third-order valence-corrected chi connectivity index (χ3v) is 4.70. The Morgan fingerprint density at radius 1 is 1.32 bits per heavy atom. The molecule has 2 aromatic rings. The van der Waals surface area contributed by atoms with E-state index in [9.17, 15) is 4.79 Å². The maximum absolute atomic E-state index is 12.0. The van der Waals surface area contributed by atoms with E-state index in [4.69, 9.17) is 0 Å². The zero-order chi connectivity index (χ0) is 17.6. The summed E-state index contributed by atoms with van der Waals surface area (Å²) in [6.07, 6.45) is 6.54. The molecule has 1 atom stereocenters. The third-order valence-electron chi connectivity index (χ3n) is 4.70. The molecule has 2 N–H and O–H groups in total. The van der Waals surface area contributed by atoms with Crippen molar-refractivity contribution >= 4 is 6.03 Å². The number of aromatic nitrogens is 3. The van der Waals surface area contributed by atoms with Crippen LogP contribution in [0.4, 0.5) is 4.79 Å². The van der Waals surface area contributed by atoms with Crippen LogP contribution >= 0.6 is 0 Å². The van der Waals surface area contributed by atoms with E-state index in [1.807, 2.05) is 29.8 Å². The molecule has 0 spiro atoms. The molecule has 0 bridgehead atoms. The molecule has 1 saturated heterocycles. The van der Waals surface area contributed by atoms with Gasteiger partial charge in [-0.05, 0) is 50.0 Å². The van der Waals surface area contributed by atoms with E-state index < -0.39 is 0 Å². The van der Waals surface area contributed by atoms with Crippen LogP contribution in [0.3, 0.4) is 0 Å². The molecule has 3 rings (SSSR count). The number of carbonyl (C=O) groups is 1. The first-order valence-corrected chi connectivity index (χ1v) is 8.85. The number of amides is 2. The average molecular weight is 342 g/mol. The fourth-order valence-corrected chi connectivity index (χ4v) is 3.17. The lowest BCUT2D eigenvalue weighted by Crippen LogP contribution is -2.38. The molecule has 2 amide bonds. The number of hydrogen-bond donors (Lipinski definition) is 2. The van der Waals surface area contributed by atoms with Crippen molar-refractivity contribution in [2.24, 2.45) is 5.92 Å². The Morgan fingerprint density at radius 3 is 2.92 bits per heavy atom. The first-order chi connectivity index (χ1) is 12.2. The van der Waals surface area contributed by atoms with Crippen molar-refractivity contribution < 1.29 is 4.79 Å². The highest BCUT2D eigenvalue weighted by atomic mass is 16.2. The van der Waals surface area contributed by atoms with E-state index in [0.717, 1.165) is 49.8 Å². The lowest BCUT2D eigenvalue weighted by Gasteiger charge is -2.14. The Hall–Kier alpha value is -2.41. The maximum atomic E-state index is 12.0. The molecule has 7 heteroatoms. The zero-order valence-electron chi connectivity index (χ0n) is 14.9. The molecule has 0 unspecified atom stereocenters. The Bertz CT molecular complexity index is 713. The van der Waals surface area contributed by atoms with Crippen molar-refractivity contribution in [3.05, 3.63) is 42.1 Å². The molecule has 0 aliphatic carbocycles. The van der Waals surface area contributed by atoms with Crippen molar-refractivity contribution in [3.8, 4) is 5.82 Å². The van der Waals surface area contributed by atoms with E-state index in [1.54, 1.807) is 12.4 Å². The Labute approximate surface area is 148 Å². The quantitative estimate of drug-likeness (QED) is 0.838. The smallest absolute Gasteiger partial charge is 0.315 e. The molecule has 134 valence electrons. The van der Waals surface area contributed by atoms with Crippen molar-refractivity contribution in [2.75, 3.05) is 26.2 Å². The van der Waals surface area contributed by atoms with Gasteiger partial charge < -0.3 is 15.5 Å². The average Bonchev–Trinajstić information content (AvgIpc) is 3.27. The van der Waals surface area contributed by atoms with Gasteiger partial charge in [0.25, 0.3) is 0 Å². The molecular weight excluding hydrogens is 316 g/mol. The molecule has 0 radical (unpaired) electrons. The van der Waals surface area contributed by atoms with Crippen LogP contribution in [0, 0.1) is 12.8 Å². The van der Waals surface area contributed by atoms with Crippen LogP contribution in [0.15, 0.2) is 30.7 Å². The topological polar surface area (TPSA) is 75.1 Å². The molecular formula is C18H26N6O. The molecule has 2 aromatic heterocycles. The molecule has 1 aliphatic heterocycles. The maximum Gasteiger partial charge on any atom is 0.315 e. The largest absolute Gasteiger partial charge is 0.338 e. The predicted octanol–water partition coefficient (Wildman–Crippen LogP) is 1.72. The first kappa shape index (κ1) is 17.4. The predicted molar refractivity (Wildman–Crippen MR) is 96.6 cm³/mol. The summed E-state index contributed by atoms with van der Waals surface area (Å²) in [7, 11) is 0. The number of likely N-dealkylation sites (tertiary alicyclic amines) is 1. The molecule has 25 heavy (non-hydrogen) atoms. The summed E-state index contributed by atoms with van der Waals surface area (Å²) < 4.78 is 1.92. The van der Waals surface area contributed by atoms with Gasteiger partial charge >= 0.3 is 6.03 Å². The van der Waals surface area contributed by atoms with E-state index in [1.165, 1.54) is 0 Å². The van der Waals surface area contributed by atoms with Gasteiger partial charge in [0.2, 0.25) is 0 Å². The van der Waals surface area contributed by atoms with Gasteiger partial charge in [0.15, 0.2) is 0 Å². The van der Waals surface area contributed by atoms with Gasteiger partial charge in [-0.2, -0.15) is 0 Å². The number of imidazole rings is 1. The van der Waals surface area contributed by atoms with Crippen LogP contribution in [0.2, 0.25) is 0 Å². The van der Waals surface area contributed by atoms with Crippen molar-refractivity contribution in [1.29, 1.82) is 0 Å². The van der Waals surface area contributed by atoms with Crippen LogP contribution in [0.1, 0.15) is 24.7 Å². The minimum absolute atomic E-state index is 0.118. The summed E-state index contributed by atoms with van der Waals surface area (Å²) in [6.45, 7) is 8.62. The van der Waals surface area contributed by atoms with Gasteiger partial charge in [-0.25, -0.2) is 14.8 Å². The fourth-order valence-electron chi connectivity index (χ4n) is 3.17. The highest BCUT2D eigenvalue weighted by molar-refractivity contribution is 5.73. The summed E-state index contributed by atoms with van der Waals surface area (Å²) >= 11 is 0. The van der Waals surface area contributed by atoms with Gasteiger partial charge in [-0.15, -0.1) is 0 Å². The minimum Gasteiger partial charge on any atom is -0.338 e. The SMILES string of the molecule is CCN1CC[C@H](CNC(=O)NCc2ccnc(-n3ccnc3C)c2)C1. The second-order valence-corrected chi connectivity index (χ2v) is 6.48. The second-order valence-electron chi connectivity index (χ2n) is 6.48. The zero-order valence-corrected chi connectivity index (χ0v) is 14.9. The van der Waals surface area contributed by atoms with E-state index >= 15 is 0 Å². The Balaban J connectivity index is 1.47. The number of nitrogens with zero attached hydrogens (tertiary/aromatic N) is 4. The molecule has 0 saturated carbocycles. The summed E-state index contributed by atoms with van der Waals surface area (Å²) in [5.74, 6) is 2.25. The van der Waals surface area contributed by atoms with Crippen LogP contribution < -0.4 is 10.6 Å². The Morgan fingerprint density at radius 2 is 2.20 bits per heavy atom. The normalized spacial score (nSPS) is 17.6. The van der Waals surface area contributed by atoms with Gasteiger partial charge in [0, 0.05) is 38.2 Å². The molecule has 0 aromatic carbocycles. The number of rotatable bonds is 6. The second kappa shape index (κ2) is 8.11. The standard InChI is InChI=1S/C18H26N6O/c1-3-23-8-5-16(13-23)12-22-18(25)21-11-15-4-6-20-17(10-15)24-9-7-19-14(24)2/h4,6-7,9-10,16H,3,5,8,11-13H2,1-2H3,(H2,21,22,25)/t16-/m1/s1. The summed E-state index contributed by atoms with van der Waals surface area (Å²) in [4.78, 5) is 23.0. The third kappa shape index (κ3) is 4.57. The van der Waals surface area contributed by atoms with Crippen molar-refractivity contribution in [1.82, 2.24) is 30.1 Å². The molecule has 1 aliphatic rings. The summed E-state index contributed by atoms with van der Waals surface area (Å²) in [5.41, 5.74) is 1.01. The van der Waals surface area contributed by atoms with Gasteiger partial charge in [0.05, 0.1) is 0 Å².